The summed E-state index contributed by atoms with van der Waals surface area (Å²) in [5.41, 5.74) is 7.05. The molecule has 0 aromatic carbocycles. The van der Waals surface area contributed by atoms with Crippen LogP contribution >= 0.6 is 24.0 Å². The maximum Gasteiger partial charge on any atom is 0.191 e. The summed E-state index contributed by atoms with van der Waals surface area (Å²) < 4.78 is 0. The number of aromatic nitrogens is 1. The highest BCUT2D eigenvalue weighted by molar-refractivity contribution is 14.0. The molecule has 0 saturated heterocycles. The molecule has 1 aromatic rings. The minimum atomic E-state index is 0. The Morgan fingerprint density at radius 2 is 1.95 bits per heavy atom. The van der Waals surface area contributed by atoms with Gasteiger partial charge in [-0.2, -0.15) is 0 Å². The predicted octanol–water partition coefficient (Wildman–Crippen LogP) is 1.92. The van der Waals surface area contributed by atoms with Crippen LogP contribution in [0.4, 0.5) is 5.82 Å². The van der Waals surface area contributed by atoms with Gasteiger partial charge in [-0.05, 0) is 31.5 Å². The summed E-state index contributed by atoms with van der Waals surface area (Å²) in [5, 5.41) is 0. The fourth-order valence-electron chi connectivity index (χ4n) is 1.62. The molecule has 0 atom stereocenters. The molecule has 108 valence electrons. The van der Waals surface area contributed by atoms with Gasteiger partial charge in [0.05, 0.1) is 6.54 Å². The van der Waals surface area contributed by atoms with Crippen LogP contribution in [0.25, 0.3) is 0 Å². The molecule has 0 amide bonds. The molecule has 1 rings (SSSR count). The number of hydrogen-bond donors (Lipinski definition) is 1. The third-order valence-electron chi connectivity index (χ3n) is 2.78. The molecule has 6 heteroatoms. The topological polar surface area (TPSA) is 57.8 Å². The smallest absolute Gasteiger partial charge is 0.191 e. The molecule has 0 bridgehead atoms. The minimum Gasteiger partial charge on any atom is -0.370 e. The summed E-state index contributed by atoms with van der Waals surface area (Å²) in [6, 6.07) is 3.99. The minimum absolute atomic E-state index is 0. The second-order valence-corrected chi connectivity index (χ2v) is 4.26. The Morgan fingerprint density at radius 1 is 1.32 bits per heavy atom. The highest BCUT2D eigenvalue weighted by Gasteiger charge is 2.02. The lowest BCUT2D eigenvalue weighted by Gasteiger charge is -2.19. The van der Waals surface area contributed by atoms with E-state index < -0.39 is 0 Å². The normalized spacial score (nSPS) is 10.8. The lowest BCUT2D eigenvalue weighted by molar-refractivity contribution is 0.458. The van der Waals surface area contributed by atoms with Crippen LogP contribution in [0.1, 0.15) is 19.4 Å². The van der Waals surface area contributed by atoms with E-state index in [2.05, 4.69) is 23.8 Å². The van der Waals surface area contributed by atoms with Crippen molar-refractivity contribution in [3.8, 4) is 0 Å². The van der Waals surface area contributed by atoms with E-state index in [0.29, 0.717) is 12.5 Å². The highest BCUT2D eigenvalue weighted by atomic mass is 127. The van der Waals surface area contributed by atoms with Crippen LogP contribution in [-0.4, -0.2) is 43.0 Å². The van der Waals surface area contributed by atoms with E-state index in [1.54, 1.807) is 6.20 Å². The molecule has 0 unspecified atom stereocenters. The van der Waals surface area contributed by atoms with Crippen LogP contribution in [-0.2, 0) is 6.54 Å². The first-order valence-electron chi connectivity index (χ1n) is 6.25. The van der Waals surface area contributed by atoms with Gasteiger partial charge in [0.15, 0.2) is 5.96 Å². The largest absolute Gasteiger partial charge is 0.370 e. The van der Waals surface area contributed by atoms with Crippen LogP contribution in [0, 0.1) is 0 Å². The summed E-state index contributed by atoms with van der Waals surface area (Å²) in [4.78, 5) is 12.7. The molecule has 1 heterocycles. The van der Waals surface area contributed by atoms with Crippen molar-refractivity contribution in [2.24, 2.45) is 10.7 Å². The Labute approximate surface area is 132 Å². The second-order valence-electron chi connectivity index (χ2n) is 4.26. The van der Waals surface area contributed by atoms with Gasteiger partial charge in [-0.3, -0.25) is 0 Å². The Kier molecular flexibility index (Phi) is 8.46. The molecular weight excluding hydrogens is 353 g/mol. The molecule has 0 aliphatic rings. The zero-order valence-corrected chi connectivity index (χ0v) is 14.5. The van der Waals surface area contributed by atoms with Crippen LogP contribution in [0.3, 0.4) is 0 Å². The summed E-state index contributed by atoms with van der Waals surface area (Å²) in [5.74, 6) is 1.53. The zero-order valence-electron chi connectivity index (χ0n) is 12.1. The molecule has 19 heavy (non-hydrogen) atoms. The van der Waals surface area contributed by atoms with Crippen molar-refractivity contribution in [3.05, 3.63) is 23.9 Å². The van der Waals surface area contributed by atoms with E-state index in [1.165, 1.54) is 0 Å². The standard InChI is InChI=1S/C13H23N5.HI/c1-5-18(6-2)13(14)16-10-11-7-8-15-12(9-11)17(3)4;/h7-9H,5-6,10H2,1-4H3,(H2,14,16);1H. The van der Waals surface area contributed by atoms with E-state index in [-0.39, 0.29) is 24.0 Å². The first-order chi connectivity index (χ1) is 8.58. The number of nitrogens with zero attached hydrogens (tertiary/aromatic N) is 4. The van der Waals surface area contributed by atoms with E-state index in [0.717, 1.165) is 24.5 Å². The van der Waals surface area contributed by atoms with Gasteiger partial charge in [0, 0.05) is 33.4 Å². The lowest BCUT2D eigenvalue weighted by Crippen LogP contribution is -2.37. The number of rotatable bonds is 5. The Balaban J connectivity index is 0.00000324. The predicted molar refractivity (Wildman–Crippen MR) is 92.2 cm³/mol. The molecule has 5 nitrogen and oxygen atoms in total. The molecule has 1 aromatic heterocycles. The van der Waals surface area contributed by atoms with Crippen LogP contribution < -0.4 is 10.6 Å². The monoisotopic (exact) mass is 377 g/mol. The first-order valence-corrected chi connectivity index (χ1v) is 6.25. The van der Waals surface area contributed by atoms with Gasteiger partial charge in [-0.1, -0.05) is 0 Å². The zero-order chi connectivity index (χ0) is 13.5. The van der Waals surface area contributed by atoms with E-state index in [9.17, 15) is 0 Å². The average Bonchev–Trinajstić information content (AvgIpc) is 2.38. The lowest BCUT2D eigenvalue weighted by atomic mass is 10.2. The molecular formula is C13H24IN5. The third kappa shape index (κ3) is 5.63. The SMILES string of the molecule is CCN(CC)C(N)=NCc1ccnc(N(C)C)c1.I. The molecule has 0 saturated carbocycles. The van der Waals surface area contributed by atoms with Crippen molar-refractivity contribution < 1.29 is 0 Å². The van der Waals surface area contributed by atoms with Crippen molar-refractivity contribution >= 4 is 35.8 Å². The summed E-state index contributed by atoms with van der Waals surface area (Å²) >= 11 is 0. The van der Waals surface area contributed by atoms with Crippen molar-refractivity contribution in [2.75, 3.05) is 32.1 Å². The number of anilines is 1. The molecule has 0 fully saturated rings. The van der Waals surface area contributed by atoms with Crippen molar-refractivity contribution in [1.29, 1.82) is 0 Å². The van der Waals surface area contributed by atoms with Gasteiger partial charge >= 0.3 is 0 Å². The third-order valence-corrected chi connectivity index (χ3v) is 2.78. The maximum absolute atomic E-state index is 5.93. The fraction of sp³-hybridized carbons (Fsp3) is 0.538. The van der Waals surface area contributed by atoms with Gasteiger partial charge in [0.25, 0.3) is 0 Å². The average molecular weight is 377 g/mol. The van der Waals surface area contributed by atoms with Crippen molar-refractivity contribution in [3.63, 3.8) is 0 Å². The highest BCUT2D eigenvalue weighted by Crippen LogP contribution is 2.10. The van der Waals surface area contributed by atoms with Crippen molar-refractivity contribution in [2.45, 2.75) is 20.4 Å². The fourth-order valence-corrected chi connectivity index (χ4v) is 1.62. The van der Waals surface area contributed by atoms with Gasteiger partial charge < -0.3 is 15.5 Å². The molecule has 0 radical (unpaired) electrons. The van der Waals surface area contributed by atoms with Gasteiger partial charge in [0.2, 0.25) is 0 Å². The van der Waals surface area contributed by atoms with Crippen molar-refractivity contribution in [1.82, 2.24) is 9.88 Å². The number of aliphatic imine (C=N–C) groups is 1. The van der Waals surface area contributed by atoms with Gasteiger partial charge in [-0.25, -0.2) is 9.98 Å². The van der Waals surface area contributed by atoms with Crippen LogP contribution in [0.5, 0.6) is 0 Å². The van der Waals surface area contributed by atoms with Gasteiger partial charge in [0.1, 0.15) is 5.82 Å². The molecule has 0 spiro atoms. The van der Waals surface area contributed by atoms with Crippen LogP contribution in [0.2, 0.25) is 0 Å². The molecule has 0 aliphatic carbocycles. The summed E-state index contributed by atoms with van der Waals surface area (Å²) in [6.07, 6.45) is 1.80. The molecule has 0 aliphatic heterocycles. The number of pyridine rings is 1. The number of hydrogen-bond acceptors (Lipinski definition) is 3. The summed E-state index contributed by atoms with van der Waals surface area (Å²) in [6.45, 7) is 6.49. The second kappa shape index (κ2) is 8.95. The van der Waals surface area contributed by atoms with E-state index in [1.807, 2.05) is 36.0 Å². The number of guanidine groups is 1. The summed E-state index contributed by atoms with van der Waals surface area (Å²) in [7, 11) is 3.94. The Morgan fingerprint density at radius 3 is 2.47 bits per heavy atom. The van der Waals surface area contributed by atoms with Gasteiger partial charge in [-0.15, -0.1) is 24.0 Å². The van der Waals surface area contributed by atoms with E-state index >= 15 is 0 Å². The maximum atomic E-state index is 5.93. The number of halogens is 1. The number of nitrogens with two attached hydrogens (primary N) is 1. The van der Waals surface area contributed by atoms with Crippen LogP contribution in [0.15, 0.2) is 23.3 Å². The first kappa shape index (κ1) is 17.9. The molecule has 2 N–H and O–H groups in total. The van der Waals surface area contributed by atoms with E-state index in [4.69, 9.17) is 5.73 Å². The Hall–Kier alpha value is -1.05. The quantitative estimate of drug-likeness (QED) is 0.484. The Bertz CT molecular complexity index is 402.